The van der Waals surface area contributed by atoms with Crippen LogP contribution in [0.3, 0.4) is 0 Å². The van der Waals surface area contributed by atoms with Crippen molar-refractivity contribution in [3.63, 3.8) is 0 Å². The van der Waals surface area contributed by atoms with E-state index >= 15 is 0 Å². The standard InChI is InChI=1S/C11H6F2N4O/c12-7-2-10(8(13)1-9(7)15)18-11-5-16-6(3-14)4-17-11/h1-2,4-5H,15H2. The number of hydrogen-bond donors (Lipinski definition) is 1. The van der Waals surface area contributed by atoms with Gasteiger partial charge in [0.05, 0.1) is 18.1 Å². The molecule has 2 N–H and O–H groups in total. The Morgan fingerprint density at radius 3 is 2.56 bits per heavy atom. The molecular weight excluding hydrogens is 242 g/mol. The van der Waals surface area contributed by atoms with Crippen LogP contribution in [0.5, 0.6) is 11.6 Å². The second kappa shape index (κ2) is 4.63. The van der Waals surface area contributed by atoms with E-state index in [2.05, 4.69) is 9.97 Å². The zero-order chi connectivity index (χ0) is 13.1. The minimum absolute atomic E-state index is 0.0583. The van der Waals surface area contributed by atoms with Crippen LogP contribution >= 0.6 is 0 Å². The van der Waals surface area contributed by atoms with Crippen LogP contribution in [-0.2, 0) is 0 Å². The lowest BCUT2D eigenvalue weighted by atomic mass is 10.3. The van der Waals surface area contributed by atoms with E-state index in [0.717, 1.165) is 24.5 Å². The fourth-order valence-electron chi connectivity index (χ4n) is 1.16. The summed E-state index contributed by atoms with van der Waals surface area (Å²) in [6.45, 7) is 0. The molecule has 0 fully saturated rings. The molecule has 18 heavy (non-hydrogen) atoms. The molecule has 0 aliphatic heterocycles. The van der Waals surface area contributed by atoms with Gasteiger partial charge in [-0.1, -0.05) is 0 Å². The maximum atomic E-state index is 13.4. The topological polar surface area (TPSA) is 84.8 Å². The average molecular weight is 248 g/mol. The highest BCUT2D eigenvalue weighted by Crippen LogP contribution is 2.26. The highest BCUT2D eigenvalue weighted by Gasteiger charge is 2.10. The summed E-state index contributed by atoms with van der Waals surface area (Å²) >= 11 is 0. The number of ether oxygens (including phenoxy) is 1. The number of nitriles is 1. The average Bonchev–Trinajstić information content (AvgIpc) is 2.37. The van der Waals surface area contributed by atoms with Gasteiger partial charge in [-0.2, -0.15) is 5.26 Å². The molecule has 1 heterocycles. The Balaban J connectivity index is 2.28. The summed E-state index contributed by atoms with van der Waals surface area (Å²) in [7, 11) is 0. The monoisotopic (exact) mass is 248 g/mol. The van der Waals surface area contributed by atoms with Crippen LogP contribution in [0.1, 0.15) is 5.69 Å². The Kier molecular flexibility index (Phi) is 3.02. The van der Waals surface area contributed by atoms with Crippen LogP contribution < -0.4 is 10.5 Å². The number of nitrogens with zero attached hydrogens (tertiary/aromatic N) is 3. The maximum Gasteiger partial charge on any atom is 0.238 e. The zero-order valence-electron chi connectivity index (χ0n) is 8.89. The largest absolute Gasteiger partial charge is 0.434 e. The summed E-state index contributed by atoms with van der Waals surface area (Å²) in [5.74, 6) is -2.04. The number of benzene rings is 1. The second-order valence-electron chi connectivity index (χ2n) is 3.26. The Morgan fingerprint density at radius 2 is 1.94 bits per heavy atom. The van der Waals surface area contributed by atoms with Crippen LogP contribution in [0.25, 0.3) is 0 Å². The second-order valence-corrected chi connectivity index (χ2v) is 3.26. The third-order valence-electron chi connectivity index (χ3n) is 2.01. The minimum atomic E-state index is -0.819. The van der Waals surface area contributed by atoms with E-state index in [4.69, 9.17) is 15.7 Å². The van der Waals surface area contributed by atoms with Crippen molar-refractivity contribution < 1.29 is 13.5 Å². The molecule has 7 heteroatoms. The first kappa shape index (κ1) is 11.7. The Morgan fingerprint density at radius 1 is 1.17 bits per heavy atom. The molecule has 90 valence electrons. The molecule has 1 aromatic heterocycles. The maximum absolute atomic E-state index is 13.4. The van der Waals surface area contributed by atoms with E-state index in [1.165, 1.54) is 0 Å². The first-order valence-corrected chi connectivity index (χ1v) is 4.74. The molecule has 0 radical (unpaired) electrons. The molecule has 0 bridgehead atoms. The Labute approximate surface area is 100 Å². The van der Waals surface area contributed by atoms with E-state index in [0.29, 0.717) is 0 Å². The SMILES string of the molecule is N#Cc1cnc(Oc2cc(F)c(N)cc2F)cn1. The van der Waals surface area contributed by atoms with Gasteiger partial charge in [-0.05, 0) is 0 Å². The first-order chi connectivity index (χ1) is 8.60. The van der Waals surface area contributed by atoms with Crippen LogP contribution in [0.4, 0.5) is 14.5 Å². The molecule has 5 nitrogen and oxygen atoms in total. The number of hydrogen-bond acceptors (Lipinski definition) is 5. The fraction of sp³-hybridized carbons (Fsp3) is 0. The quantitative estimate of drug-likeness (QED) is 0.821. The fourth-order valence-corrected chi connectivity index (χ4v) is 1.16. The first-order valence-electron chi connectivity index (χ1n) is 4.74. The van der Waals surface area contributed by atoms with Gasteiger partial charge in [-0.25, -0.2) is 18.7 Å². The molecule has 0 atom stereocenters. The normalized spacial score (nSPS) is 9.83. The summed E-state index contributed by atoms with van der Waals surface area (Å²) in [5, 5.41) is 8.51. The number of anilines is 1. The van der Waals surface area contributed by atoms with Gasteiger partial charge >= 0.3 is 0 Å². The van der Waals surface area contributed by atoms with Gasteiger partial charge in [0.15, 0.2) is 17.3 Å². The summed E-state index contributed by atoms with van der Waals surface area (Å²) in [6.07, 6.45) is 2.28. The van der Waals surface area contributed by atoms with Crippen LogP contribution in [0.2, 0.25) is 0 Å². The van der Waals surface area contributed by atoms with Crippen LogP contribution in [0.15, 0.2) is 24.5 Å². The van der Waals surface area contributed by atoms with Gasteiger partial charge in [0, 0.05) is 12.1 Å². The van der Waals surface area contributed by atoms with Gasteiger partial charge in [0.2, 0.25) is 5.88 Å². The summed E-state index contributed by atoms with van der Waals surface area (Å²) < 4.78 is 31.5. The van der Waals surface area contributed by atoms with Crippen LogP contribution in [0, 0.1) is 23.0 Å². The summed E-state index contributed by atoms with van der Waals surface area (Å²) in [5.41, 5.74) is 4.96. The minimum Gasteiger partial charge on any atom is -0.434 e. The molecule has 0 unspecified atom stereocenters. The highest BCUT2D eigenvalue weighted by molar-refractivity contribution is 5.45. The molecule has 1 aromatic carbocycles. The van der Waals surface area contributed by atoms with Crippen molar-refractivity contribution in [2.24, 2.45) is 0 Å². The Hall–Kier alpha value is -2.75. The number of nitrogens with two attached hydrogens (primary N) is 1. The molecule has 0 aliphatic carbocycles. The molecule has 0 amide bonds. The van der Waals surface area contributed by atoms with Gasteiger partial charge in [-0.15, -0.1) is 0 Å². The molecule has 0 aliphatic rings. The number of nitrogen functional groups attached to an aromatic ring is 1. The van der Waals surface area contributed by atoms with Crippen molar-refractivity contribution >= 4 is 5.69 Å². The summed E-state index contributed by atoms with van der Waals surface area (Å²) in [4.78, 5) is 7.38. The van der Waals surface area contributed by atoms with E-state index < -0.39 is 11.6 Å². The van der Waals surface area contributed by atoms with Crippen LogP contribution in [-0.4, -0.2) is 9.97 Å². The van der Waals surface area contributed by atoms with E-state index in [1.54, 1.807) is 6.07 Å². The van der Waals surface area contributed by atoms with Crippen molar-refractivity contribution in [3.05, 3.63) is 41.9 Å². The number of halogens is 2. The van der Waals surface area contributed by atoms with Gasteiger partial charge < -0.3 is 10.5 Å². The zero-order valence-corrected chi connectivity index (χ0v) is 8.89. The third-order valence-corrected chi connectivity index (χ3v) is 2.01. The molecule has 0 saturated carbocycles. The third kappa shape index (κ3) is 2.32. The highest BCUT2D eigenvalue weighted by atomic mass is 19.1. The lowest BCUT2D eigenvalue weighted by Crippen LogP contribution is -1.97. The lowest BCUT2D eigenvalue weighted by molar-refractivity contribution is 0.421. The van der Waals surface area contributed by atoms with E-state index in [1.807, 2.05) is 0 Å². The summed E-state index contributed by atoms with van der Waals surface area (Å²) in [6, 6.07) is 3.38. The number of rotatable bonds is 2. The molecular formula is C11H6F2N4O. The van der Waals surface area contributed by atoms with Gasteiger partial charge in [0.1, 0.15) is 11.9 Å². The van der Waals surface area contributed by atoms with Gasteiger partial charge in [-0.3, -0.25) is 0 Å². The van der Waals surface area contributed by atoms with E-state index in [-0.39, 0.29) is 23.0 Å². The molecule has 2 aromatic rings. The van der Waals surface area contributed by atoms with Crippen molar-refractivity contribution in [3.8, 4) is 17.7 Å². The predicted molar refractivity (Wildman–Crippen MR) is 57.6 cm³/mol. The lowest BCUT2D eigenvalue weighted by Gasteiger charge is -2.06. The van der Waals surface area contributed by atoms with Crippen molar-refractivity contribution in [1.29, 1.82) is 5.26 Å². The smallest absolute Gasteiger partial charge is 0.238 e. The predicted octanol–water partition coefficient (Wildman–Crippen LogP) is 2.00. The van der Waals surface area contributed by atoms with Crippen molar-refractivity contribution in [1.82, 2.24) is 9.97 Å². The van der Waals surface area contributed by atoms with Crippen molar-refractivity contribution in [2.45, 2.75) is 0 Å². The molecule has 2 rings (SSSR count). The molecule has 0 saturated heterocycles. The Bertz CT molecular complexity index is 622. The van der Waals surface area contributed by atoms with Gasteiger partial charge in [0.25, 0.3) is 0 Å². The molecule has 0 spiro atoms. The van der Waals surface area contributed by atoms with E-state index in [9.17, 15) is 8.78 Å². The number of aromatic nitrogens is 2. The van der Waals surface area contributed by atoms with Crippen molar-refractivity contribution in [2.75, 3.05) is 5.73 Å².